The summed E-state index contributed by atoms with van der Waals surface area (Å²) in [6.07, 6.45) is -4.55. The Hall–Kier alpha value is -1.82. The molecule has 0 fully saturated rings. The van der Waals surface area contributed by atoms with E-state index in [4.69, 9.17) is 5.73 Å². The Kier molecular flexibility index (Phi) is 3.13. The third-order valence-electron chi connectivity index (χ3n) is 2.75. The molecule has 0 spiro atoms. The summed E-state index contributed by atoms with van der Waals surface area (Å²) in [4.78, 5) is 11.7. The largest absolute Gasteiger partial charge is 0.410 e. The van der Waals surface area contributed by atoms with E-state index in [1.165, 1.54) is 12.1 Å². The van der Waals surface area contributed by atoms with Crippen LogP contribution in [-0.2, 0) is 0 Å². The normalized spacial score (nSPS) is 13.8. The van der Waals surface area contributed by atoms with Gasteiger partial charge in [-0.15, -0.1) is 0 Å². The molecule has 0 aliphatic carbocycles. The van der Waals surface area contributed by atoms with Gasteiger partial charge in [-0.05, 0) is 17.5 Å². The molecule has 0 saturated heterocycles. The number of pyridine rings is 1. The summed E-state index contributed by atoms with van der Waals surface area (Å²) in [6.45, 7) is -0.669. The second kappa shape index (κ2) is 4.45. The lowest BCUT2D eigenvalue weighted by molar-refractivity contribution is -0.164. The van der Waals surface area contributed by atoms with Crippen LogP contribution in [0.2, 0.25) is 0 Å². The fraction of sp³-hybridized carbons (Fsp3) is 0.250. The molecule has 2 aromatic rings. The lowest BCUT2D eigenvalue weighted by Gasteiger charge is -2.22. The van der Waals surface area contributed by atoms with Gasteiger partial charge in [-0.2, -0.15) is 13.2 Å². The van der Waals surface area contributed by atoms with Crippen LogP contribution in [0.4, 0.5) is 13.2 Å². The molecule has 0 radical (unpaired) electrons. The number of alkyl halides is 3. The second-order valence-corrected chi connectivity index (χ2v) is 3.89. The zero-order valence-electron chi connectivity index (χ0n) is 9.32. The smallest absolute Gasteiger partial charge is 0.328 e. The van der Waals surface area contributed by atoms with Crippen molar-refractivity contribution >= 4 is 10.9 Å². The van der Waals surface area contributed by atoms with E-state index in [0.717, 1.165) is 6.07 Å². The number of nitrogens with two attached hydrogens (primary N) is 1. The van der Waals surface area contributed by atoms with Crippen molar-refractivity contribution in [3.8, 4) is 0 Å². The quantitative estimate of drug-likeness (QED) is 0.894. The topological polar surface area (TPSA) is 48.0 Å². The maximum Gasteiger partial charge on any atom is 0.410 e. The molecule has 0 aliphatic rings. The summed E-state index contributed by atoms with van der Waals surface area (Å²) in [5, 5.41) is 0.569. The van der Waals surface area contributed by atoms with Crippen molar-refractivity contribution in [2.45, 2.75) is 12.2 Å². The third-order valence-corrected chi connectivity index (χ3v) is 2.75. The third kappa shape index (κ3) is 2.11. The van der Waals surface area contributed by atoms with Crippen molar-refractivity contribution in [1.29, 1.82) is 0 Å². The maximum atomic E-state index is 12.9. The molecule has 1 atom stereocenters. The van der Waals surface area contributed by atoms with E-state index >= 15 is 0 Å². The van der Waals surface area contributed by atoms with Crippen LogP contribution in [0.3, 0.4) is 0 Å². The van der Waals surface area contributed by atoms with Gasteiger partial charge in [0.1, 0.15) is 6.04 Å². The number of hydrogen-bond acceptors (Lipinski definition) is 2. The molecule has 2 rings (SSSR count). The minimum absolute atomic E-state index is 0.234. The van der Waals surface area contributed by atoms with Crippen LogP contribution in [0.25, 0.3) is 10.9 Å². The molecule has 0 amide bonds. The van der Waals surface area contributed by atoms with Crippen molar-refractivity contribution in [2.24, 2.45) is 5.73 Å². The maximum absolute atomic E-state index is 12.9. The molecular weight excluding hydrogens is 245 g/mol. The molecule has 1 heterocycles. The molecule has 3 nitrogen and oxygen atoms in total. The van der Waals surface area contributed by atoms with Gasteiger partial charge in [0.2, 0.25) is 0 Å². The van der Waals surface area contributed by atoms with E-state index in [2.05, 4.69) is 0 Å². The Balaban J connectivity index is 2.76. The first kappa shape index (κ1) is 12.6. The van der Waals surface area contributed by atoms with Crippen molar-refractivity contribution in [1.82, 2.24) is 4.57 Å². The average molecular weight is 256 g/mol. The van der Waals surface area contributed by atoms with Crippen molar-refractivity contribution in [3.05, 3.63) is 46.8 Å². The highest BCUT2D eigenvalue weighted by molar-refractivity contribution is 5.78. The summed E-state index contributed by atoms with van der Waals surface area (Å²) < 4.78 is 39.3. The van der Waals surface area contributed by atoms with Gasteiger partial charge in [0, 0.05) is 12.6 Å². The predicted octanol–water partition coefficient (Wildman–Crippen LogP) is 2.06. The highest BCUT2D eigenvalue weighted by atomic mass is 19.4. The van der Waals surface area contributed by atoms with Crippen molar-refractivity contribution in [3.63, 3.8) is 0 Å². The first-order valence-electron chi connectivity index (χ1n) is 5.32. The molecule has 0 bridgehead atoms. The number of para-hydroxylation sites is 1. The Bertz CT molecular complexity index is 618. The second-order valence-electron chi connectivity index (χ2n) is 3.89. The van der Waals surface area contributed by atoms with E-state index in [1.54, 1.807) is 18.2 Å². The zero-order chi connectivity index (χ0) is 13.3. The van der Waals surface area contributed by atoms with Gasteiger partial charge in [-0.3, -0.25) is 9.36 Å². The van der Waals surface area contributed by atoms with Gasteiger partial charge in [0.25, 0.3) is 5.56 Å². The van der Waals surface area contributed by atoms with Crippen molar-refractivity contribution in [2.75, 3.05) is 6.54 Å². The zero-order valence-corrected chi connectivity index (χ0v) is 9.32. The molecule has 96 valence electrons. The lowest BCUT2D eigenvalue weighted by atomic mass is 10.1. The van der Waals surface area contributed by atoms with Crippen LogP contribution in [-0.4, -0.2) is 17.3 Å². The molecule has 6 heteroatoms. The minimum Gasteiger partial charge on any atom is -0.328 e. The standard InChI is InChI=1S/C12H11F3N2O/c13-12(14,15)10(7-16)17-9-4-2-1-3-8(9)5-6-11(17)18/h1-6,10H,7,16H2. The Labute approximate surface area is 101 Å². The van der Waals surface area contributed by atoms with Crippen molar-refractivity contribution < 1.29 is 13.2 Å². The van der Waals surface area contributed by atoms with Crippen LogP contribution in [0.5, 0.6) is 0 Å². The Morgan fingerprint density at radius 3 is 2.44 bits per heavy atom. The Morgan fingerprint density at radius 1 is 1.17 bits per heavy atom. The minimum atomic E-state index is -4.55. The van der Waals surface area contributed by atoms with Crippen LogP contribution >= 0.6 is 0 Å². The number of aromatic nitrogens is 1. The van der Waals surface area contributed by atoms with Crippen LogP contribution < -0.4 is 11.3 Å². The number of benzene rings is 1. The van der Waals surface area contributed by atoms with Crippen LogP contribution in [0, 0.1) is 0 Å². The van der Waals surface area contributed by atoms with Crippen LogP contribution in [0.15, 0.2) is 41.2 Å². The highest BCUT2D eigenvalue weighted by Crippen LogP contribution is 2.30. The predicted molar refractivity (Wildman–Crippen MR) is 62.4 cm³/mol. The van der Waals surface area contributed by atoms with Gasteiger partial charge in [0.15, 0.2) is 0 Å². The average Bonchev–Trinajstić information content (AvgIpc) is 2.31. The van der Waals surface area contributed by atoms with Gasteiger partial charge in [-0.25, -0.2) is 0 Å². The summed E-state index contributed by atoms with van der Waals surface area (Å²) in [5.74, 6) is 0. The molecule has 18 heavy (non-hydrogen) atoms. The fourth-order valence-corrected chi connectivity index (χ4v) is 1.91. The number of halogens is 3. The molecular formula is C12H11F3N2O. The van der Waals surface area contributed by atoms with E-state index in [9.17, 15) is 18.0 Å². The summed E-state index contributed by atoms with van der Waals surface area (Å²) in [7, 11) is 0. The van der Waals surface area contributed by atoms with E-state index in [1.807, 2.05) is 0 Å². The van der Waals surface area contributed by atoms with Gasteiger partial charge < -0.3 is 5.73 Å². The highest BCUT2D eigenvalue weighted by Gasteiger charge is 2.41. The molecule has 1 unspecified atom stereocenters. The number of hydrogen-bond donors (Lipinski definition) is 1. The number of fused-ring (bicyclic) bond motifs is 1. The summed E-state index contributed by atoms with van der Waals surface area (Å²) in [5.41, 5.74) is 4.70. The SMILES string of the molecule is NCC(n1c(=O)ccc2ccccc21)C(F)(F)F. The van der Waals surface area contributed by atoms with Gasteiger partial charge in [0.05, 0.1) is 5.52 Å². The summed E-state index contributed by atoms with van der Waals surface area (Å²) in [6, 6.07) is 7.02. The van der Waals surface area contributed by atoms with E-state index < -0.39 is 24.3 Å². The van der Waals surface area contributed by atoms with Gasteiger partial charge in [-0.1, -0.05) is 18.2 Å². The first-order valence-corrected chi connectivity index (χ1v) is 5.32. The van der Waals surface area contributed by atoms with Crippen LogP contribution in [0.1, 0.15) is 6.04 Å². The van der Waals surface area contributed by atoms with Gasteiger partial charge >= 0.3 is 6.18 Å². The molecule has 1 aromatic carbocycles. The molecule has 1 aromatic heterocycles. The molecule has 0 saturated carbocycles. The number of nitrogens with zero attached hydrogens (tertiary/aromatic N) is 1. The monoisotopic (exact) mass is 256 g/mol. The fourth-order valence-electron chi connectivity index (χ4n) is 1.91. The summed E-state index contributed by atoms with van der Waals surface area (Å²) >= 11 is 0. The lowest BCUT2D eigenvalue weighted by Crippen LogP contribution is -2.38. The Morgan fingerprint density at radius 2 is 1.83 bits per heavy atom. The molecule has 2 N–H and O–H groups in total. The number of rotatable bonds is 2. The molecule has 0 aliphatic heterocycles. The first-order chi connectivity index (χ1) is 8.45. The van der Waals surface area contributed by atoms with E-state index in [0.29, 0.717) is 9.95 Å². The van der Waals surface area contributed by atoms with E-state index in [-0.39, 0.29) is 5.52 Å².